The predicted octanol–water partition coefficient (Wildman–Crippen LogP) is 1.97. The zero-order valence-corrected chi connectivity index (χ0v) is 11.6. The van der Waals surface area contributed by atoms with E-state index >= 15 is 0 Å². The summed E-state index contributed by atoms with van der Waals surface area (Å²) in [5.74, 6) is -0.536. The van der Waals surface area contributed by atoms with Crippen molar-refractivity contribution >= 4 is 12.0 Å². The molecule has 0 saturated heterocycles. The molecule has 0 bridgehead atoms. The van der Waals surface area contributed by atoms with E-state index in [0.29, 0.717) is 5.92 Å². The van der Waals surface area contributed by atoms with Crippen molar-refractivity contribution < 1.29 is 14.7 Å². The second kappa shape index (κ2) is 5.59. The van der Waals surface area contributed by atoms with Gasteiger partial charge in [-0.3, -0.25) is 0 Å². The van der Waals surface area contributed by atoms with E-state index in [1.54, 1.807) is 20.8 Å². The highest BCUT2D eigenvalue weighted by molar-refractivity contribution is 5.83. The standard InChI is InChI=1S/C13H24N2O3/c1-8-6-5-7-9(8)14-12(18)15-10(11(16)17)13(2,3)4/h8-10H,5-7H2,1-4H3,(H,16,17)(H2,14,15,18)/t8?,9?,10-/m0/s1. The molecule has 0 radical (unpaired) electrons. The number of hydrogen-bond acceptors (Lipinski definition) is 2. The van der Waals surface area contributed by atoms with Crippen LogP contribution in [0.4, 0.5) is 4.79 Å². The Morgan fingerprint density at radius 3 is 2.28 bits per heavy atom. The third kappa shape index (κ3) is 3.89. The molecule has 3 N–H and O–H groups in total. The highest BCUT2D eigenvalue weighted by Crippen LogP contribution is 2.25. The fraction of sp³-hybridized carbons (Fsp3) is 0.846. The highest BCUT2D eigenvalue weighted by Gasteiger charge is 2.33. The number of carboxylic acids is 1. The van der Waals surface area contributed by atoms with E-state index in [9.17, 15) is 9.59 Å². The fourth-order valence-electron chi connectivity index (χ4n) is 2.35. The predicted molar refractivity (Wildman–Crippen MR) is 69.3 cm³/mol. The lowest BCUT2D eigenvalue weighted by Crippen LogP contribution is -2.54. The summed E-state index contributed by atoms with van der Waals surface area (Å²) < 4.78 is 0. The van der Waals surface area contributed by atoms with Crippen molar-refractivity contribution in [1.29, 1.82) is 0 Å². The van der Waals surface area contributed by atoms with Gasteiger partial charge in [0.05, 0.1) is 0 Å². The first-order valence-electron chi connectivity index (χ1n) is 6.51. The van der Waals surface area contributed by atoms with E-state index in [0.717, 1.165) is 19.3 Å². The van der Waals surface area contributed by atoms with Gasteiger partial charge in [0.2, 0.25) is 0 Å². The number of aliphatic carboxylic acids is 1. The van der Waals surface area contributed by atoms with Crippen molar-refractivity contribution in [2.45, 2.75) is 59.0 Å². The molecular weight excluding hydrogens is 232 g/mol. The number of nitrogens with one attached hydrogen (secondary N) is 2. The van der Waals surface area contributed by atoms with Gasteiger partial charge in [-0.2, -0.15) is 0 Å². The van der Waals surface area contributed by atoms with Crippen LogP contribution < -0.4 is 10.6 Å². The normalized spacial score (nSPS) is 25.6. The number of hydrogen-bond donors (Lipinski definition) is 3. The first-order valence-corrected chi connectivity index (χ1v) is 6.51. The third-order valence-electron chi connectivity index (χ3n) is 3.57. The quantitative estimate of drug-likeness (QED) is 0.722. The molecule has 0 heterocycles. The van der Waals surface area contributed by atoms with Crippen molar-refractivity contribution in [1.82, 2.24) is 10.6 Å². The molecule has 0 spiro atoms. The molecule has 3 atom stereocenters. The minimum absolute atomic E-state index is 0.166. The second-order valence-electron chi connectivity index (χ2n) is 6.27. The smallest absolute Gasteiger partial charge is 0.326 e. The van der Waals surface area contributed by atoms with E-state index in [1.165, 1.54) is 0 Å². The monoisotopic (exact) mass is 256 g/mol. The Labute approximate surface area is 108 Å². The first-order chi connectivity index (χ1) is 8.21. The Morgan fingerprint density at radius 1 is 1.28 bits per heavy atom. The summed E-state index contributed by atoms with van der Waals surface area (Å²) in [6.07, 6.45) is 3.21. The Hall–Kier alpha value is -1.26. The van der Waals surface area contributed by atoms with Crippen molar-refractivity contribution in [2.24, 2.45) is 11.3 Å². The number of rotatable bonds is 3. The Bertz CT molecular complexity index is 323. The molecule has 1 fully saturated rings. The van der Waals surface area contributed by atoms with Crippen LogP contribution in [-0.4, -0.2) is 29.2 Å². The van der Waals surface area contributed by atoms with Crippen LogP contribution in [-0.2, 0) is 4.79 Å². The number of carboxylic acid groups (broad SMARTS) is 1. The minimum Gasteiger partial charge on any atom is -0.480 e. The molecule has 0 aromatic heterocycles. The second-order valence-corrected chi connectivity index (χ2v) is 6.27. The lowest BCUT2D eigenvalue weighted by atomic mass is 9.87. The maximum Gasteiger partial charge on any atom is 0.326 e. The van der Waals surface area contributed by atoms with E-state index in [-0.39, 0.29) is 12.1 Å². The summed E-state index contributed by atoms with van der Waals surface area (Å²) in [5, 5.41) is 14.6. The number of amides is 2. The van der Waals surface area contributed by atoms with E-state index in [2.05, 4.69) is 17.6 Å². The summed E-state index contributed by atoms with van der Waals surface area (Å²) in [4.78, 5) is 23.0. The summed E-state index contributed by atoms with van der Waals surface area (Å²) in [7, 11) is 0. The average molecular weight is 256 g/mol. The highest BCUT2D eigenvalue weighted by atomic mass is 16.4. The van der Waals surface area contributed by atoms with E-state index in [4.69, 9.17) is 5.11 Å². The van der Waals surface area contributed by atoms with Gasteiger partial charge in [0.15, 0.2) is 0 Å². The first kappa shape index (κ1) is 14.8. The topological polar surface area (TPSA) is 78.4 Å². The third-order valence-corrected chi connectivity index (χ3v) is 3.57. The molecule has 0 aliphatic heterocycles. The van der Waals surface area contributed by atoms with Gasteiger partial charge in [-0.05, 0) is 24.2 Å². The Balaban J connectivity index is 2.54. The Morgan fingerprint density at radius 2 is 1.89 bits per heavy atom. The summed E-state index contributed by atoms with van der Waals surface area (Å²) in [5.41, 5.74) is -0.509. The number of carbonyl (C=O) groups is 2. The van der Waals surface area contributed by atoms with Crippen molar-refractivity contribution in [2.75, 3.05) is 0 Å². The van der Waals surface area contributed by atoms with Crippen LogP contribution in [0.2, 0.25) is 0 Å². The van der Waals surface area contributed by atoms with E-state index < -0.39 is 17.4 Å². The maximum absolute atomic E-state index is 11.8. The molecule has 2 amide bonds. The molecule has 1 aliphatic rings. The largest absolute Gasteiger partial charge is 0.480 e. The van der Waals surface area contributed by atoms with Gasteiger partial charge in [-0.1, -0.05) is 34.1 Å². The van der Waals surface area contributed by atoms with Crippen LogP contribution in [0.25, 0.3) is 0 Å². The zero-order chi connectivity index (χ0) is 13.9. The molecule has 0 aromatic rings. The van der Waals surface area contributed by atoms with Crippen LogP contribution >= 0.6 is 0 Å². The van der Waals surface area contributed by atoms with Gasteiger partial charge in [0.25, 0.3) is 0 Å². The van der Waals surface area contributed by atoms with Crippen LogP contribution in [0.3, 0.4) is 0 Å². The van der Waals surface area contributed by atoms with Crippen molar-refractivity contribution in [3.05, 3.63) is 0 Å². The van der Waals surface area contributed by atoms with Crippen LogP contribution in [0, 0.1) is 11.3 Å². The molecule has 1 saturated carbocycles. The van der Waals surface area contributed by atoms with Crippen LogP contribution in [0.5, 0.6) is 0 Å². The van der Waals surface area contributed by atoms with Gasteiger partial charge in [-0.15, -0.1) is 0 Å². The van der Waals surface area contributed by atoms with Crippen LogP contribution in [0.15, 0.2) is 0 Å². The molecule has 5 nitrogen and oxygen atoms in total. The SMILES string of the molecule is CC1CCCC1NC(=O)N[C@@H](C(=O)O)C(C)(C)C. The molecule has 18 heavy (non-hydrogen) atoms. The summed E-state index contributed by atoms with van der Waals surface area (Å²) in [6.45, 7) is 7.50. The molecular formula is C13H24N2O3. The molecule has 2 unspecified atom stereocenters. The zero-order valence-electron chi connectivity index (χ0n) is 11.6. The van der Waals surface area contributed by atoms with Crippen LogP contribution in [0.1, 0.15) is 47.0 Å². The van der Waals surface area contributed by atoms with Gasteiger partial charge < -0.3 is 15.7 Å². The minimum atomic E-state index is -1.00. The van der Waals surface area contributed by atoms with Gasteiger partial charge in [0.1, 0.15) is 6.04 Å². The fourth-order valence-corrected chi connectivity index (χ4v) is 2.35. The van der Waals surface area contributed by atoms with Crippen molar-refractivity contribution in [3.63, 3.8) is 0 Å². The molecule has 0 aromatic carbocycles. The van der Waals surface area contributed by atoms with Gasteiger partial charge >= 0.3 is 12.0 Å². The molecule has 1 rings (SSSR count). The van der Waals surface area contributed by atoms with Gasteiger partial charge in [0, 0.05) is 6.04 Å². The lowest BCUT2D eigenvalue weighted by molar-refractivity contribution is -0.141. The van der Waals surface area contributed by atoms with E-state index in [1.807, 2.05) is 0 Å². The molecule has 1 aliphatic carbocycles. The average Bonchev–Trinajstić information content (AvgIpc) is 2.59. The number of carbonyl (C=O) groups excluding carboxylic acids is 1. The van der Waals surface area contributed by atoms with Crippen molar-refractivity contribution in [3.8, 4) is 0 Å². The summed E-state index contributed by atoms with van der Waals surface area (Å²) >= 11 is 0. The molecule has 5 heteroatoms. The number of urea groups is 1. The van der Waals surface area contributed by atoms with Gasteiger partial charge in [-0.25, -0.2) is 9.59 Å². The Kier molecular flexibility index (Phi) is 4.59. The maximum atomic E-state index is 11.8. The lowest BCUT2D eigenvalue weighted by Gasteiger charge is -2.28. The molecule has 104 valence electrons. The summed E-state index contributed by atoms with van der Waals surface area (Å²) in [6, 6.07) is -1.09.